The average Bonchev–Trinajstić information content (AvgIpc) is 2.81. The first-order valence-electron chi connectivity index (χ1n) is 7.41. The van der Waals surface area contributed by atoms with E-state index in [0.717, 1.165) is 17.1 Å². The zero-order chi connectivity index (χ0) is 16.6. The van der Waals surface area contributed by atoms with Crippen LogP contribution in [0.5, 0.6) is 5.75 Å². The summed E-state index contributed by atoms with van der Waals surface area (Å²) in [5.41, 5.74) is 2.55. The van der Waals surface area contributed by atoms with E-state index >= 15 is 0 Å². The molecule has 0 atom stereocenters. The lowest BCUT2D eigenvalue weighted by molar-refractivity contribution is 0.340. The standard InChI is InChI=1S/C16H19N5O2/c1-5-23-12-8-6-11(7-9-12)17-16-18-13-10(2)19-21(4)14(13)15(22)20(16)3/h6-9H,5H2,1-4H3,(H,17,18). The molecule has 7 nitrogen and oxygen atoms in total. The van der Waals surface area contributed by atoms with Gasteiger partial charge >= 0.3 is 0 Å². The summed E-state index contributed by atoms with van der Waals surface area (Å²) in [5, 5.41) is 7.44. The Balaban J connectivity index is 2.01. The molecule has 0 aliphatic heterocycles. The van der Waals surface area contributed by atoms with Gasteiger partial charge in [0.15, 0.2) is 5.52 Å². The minimum atomic E-state index is -0.133. The molecule has 0 radical (unpaired) electrons. The second-order valence-electron chi connectivity index (χ2n) is 5.29. The maximum absolute atomic E-state index is 12.5. The van der Waals surface area contributed by atoms with E-state index in [1.54, 1.807) is 18.8 Å². The second-order valence-corrected chi connectivity index (χ2v) is 5.29. The Labute approximate surface area is 133 Å². The van der Waals surface area contributed by atoms with Crippen molar-refractivity contribution in [3.8, 4) is 5.75 Å². The van der Waals surface area contributed by atoms with Crippen LogP contribution < -0.4 is 15.6 Å². The summed E-state index contributed by atoms with van der Waals surface area (Å²) in [5.74, 6) is 1.28. The highest BCUT2D eigenvalue weighted by molar-refractivity contribution is 5.78. The van der Waals surface area contributed by atoms with E-state index < -0.39 is 0 Å². The van der Waals surface area contributed by atoms with E-state index in [2.05, 4.69) is 15.4 Å². The molecule has 0 saturated carbocycles. The molecule has 1 N–H and O–H groups in total. The van der Waals surface area contributed by atoms with Gasteiger partial charge in [-0.15, -0.1) is 0 Å². The number of aromatic nitrogens is 4. The average molecular weight is 313 g/mol. The topological polar surface area (TPSA) is 74.0 Å². The maximum Gasteiger partial charge on any atom is 0.280 e. The maximum atomic E-state index is 12.5. The summed E-state index contributed by atoms with van der Waals surface area (Å²) >= 11 is 0. The highest BCUT2D eigenvalue weighted by Gasteiger charge is 2.15. The summed E-state index contributed by atoms with van der Waals surface area (Å²) in [6.07, 6.45) is 0. The molecule has 120 valence electrons. The van der Waals surface area contributed by atoms with Crippen LogP contribution in [-0.4, -0.2) is 25.9 Å². The number of benzene rings is 1. The van der Waals surface area contributed by atoms with Crippen molar-refractivity contribution in [1.29, 1.82) is 0 Å². The van der Waals surface area contributed by atoms with Gasteiger partial charge in [0.1, 0.15) is 11.3 Å². The first-order chi connectivity index (χ1) is 11.0. The van der Waals surface area contributed by atoms with E-state index in [1.165, 1.54) is 4.57 Å². The quantitative estimate of drug-likeness (QED) is 0.798. The molecule has 2 aromatic heterocycles. The van der Waals surface area contributed by atoms with Gasteiger partial charge in [0, 0.05) is 19.8 Å². The predicted molar refractivity (Wildman–Crippen MR) is 89.4 cm³/mol. The summed E-state index contributed by atoms with van der Waals surface area (Å²) < 4.78 is 8.48. The van der Waals surface area contributed by atoms with Crippen LogP contribution in [0.3, 0.4) is 0 Å². The molecule has 1 aromatic carbocycles. The zero-order valence-electron chi connectivity index (χ0n) is 13.6. The minimum Gasteiger partial charge on any atom is -0.494 e. The monoisotopic (exact) mass is 313 g/mol. The number of hydrogen-bond donors (Lipinski definition) is 1. The molecule has 3 rings (SSSR count). The fourth-order valence-electron chi connectivity index (χ4n) is 2.50. The third kappa shape index (κ3) is 2.65. The molecule has 0 unspecified atom stereocenters. The van der Waals surface area contributed by atoms with Gasteiger partial charge in [-0.2, -0.15) is 5.10 Å². The zero-order valence-corrected chi connectivity index (χ0v) is 13.6. The van der Waals surface area contributed by atoms with Gasteiger partial charge < -0.3 is 10.1 Å². The fourth-order valence-corrected chi connectivity index (χ4v) is 2.50. The van der Waals surface area contributed by atoms with E-state index in [4.69, 9.17) is 4.74 Å². The van der Waals surface area contributed by atoms with Crippen molar-refractivity contribution in [3.63, 3.8) is 0 Å². The van der Waals surface area contributed by atoms with Crippen LogP contribution in [0.4, 0.5) is 11.6 Å². The van der Waals surface area contributed by atoms with Crippen LogP contribution in [0.1, 0.15) is 12.6 Å². The highest BCUT2D eigenvalue weighted by atomic mass is 16.5. The Bertz CT molecular complexity index is 909. The lowest BCUT2D eigenvalue weighted by Gasteiger charge is -2.11. The molecule has 0 saturated heterocycles. The van der Waals surface area contributed by atoms with Crippen LogP contribution in [0.2, 0.25) is 0 Å². The molecule has 2 heterocycles. The van der Waals surface area contributed by atoms with Crippen molar-refractivity contribution in [2.75, 3.05) is 11.9 Å². The van der Waals surface area contributed by atoms with Gasteiger partial charge in [0.25, 0.3) is 5.56 Å². The summed E-state index contributed by atoms with van der Waals surface area (Å²) in [4.78, 5) is 17.1. The Kier molecular flexibility index (Phi) is 3.77. The van der Waals surface area contributed by atoms with Crippen LogP contribution in [0, 0.1) is 6.92 Å². The smallest absolute Gasteiger partial charge is 0.280 e. The molecule has 0 spiro atoms. The Morgan fingerprint density at radius 3 is 2.57 bits per heavy atom. The molecular formula is C16H19N5O2. The van der Waals surface area contributed by atoms with Crippen molar-refractivity contribution in [3.05, 3.63) is 40.3 Å². The molecule has 0 aliphatic carbocycles. The van der Waals surface area contributed by atoms with Gasteiger partial charge in [-0.3, -0.25) is 14.0 Å². The minimum absolute atomic E-state index is 0.133. The molecular weight excluding hydrogens is 294 g/mol. The van der Waals surface area contributed by atoms with Crippen molar-refractivity contribution in [2.45, 2.75) is 13.8 Å². The van der Waals surface area contributed by atoms with Gasteiger partial charge in [-0.1, -0.05) is 0 Å². The lowest BCUT2D eigenvalue weighted by Crippen LogP contribution is -2.22. The van der Waals surface area contributed by atoms with Crippen molar-refractivity contribution < 1.29 is 4.74 Å². The van der Waals surface area contributed by atoms with E-state index in [0.29, 0.717) is 23.6 Å². The number of aryl methyl sites for hydroxylation is 2. The van der Waals surface area contributed by atoms with Crippen molar-refractivity contribution in [1.82, 2.24) is 19.3 Å². The van der Waals surface area contributed by atoms with Gasteiger partial charge in [-0.25, -0.2) is 4.98 Å². The van der Waals surface area contributed by atoms with Crippen LogP contribution in [-0.2, 0) is 14.1 Å². The first-order valence-corrected chi connectivity index (χ1v) is 7.41. The first kappa shape index (κ1) is 15.1. The highest BCUT2D eigenvalue weighted by Crippen LogP contribution is 2.20. The van der Waals surface area contributed by atoms with Crippen molar-refractivity contribution >= 4 is 22.7 Å². The molecule has 7 heteroatoms. The second kappa shape index (κ2) is 5.75. The number of ether oxygens (including phenoxy) is 1. The Morgan fingerprint density at radius 1 is 1.22 bits per heavy atom. The van der Waals surface area contributed by atoms with Crippen molar-refractivity contribution in [2.24, 2.45) is 14.1 Å². The number of fused-ring (bicyclic) bond motifs is 1. The Hall–Kier alpha value is -2.83. The molecule has 0 aliphatic rings. The van der Waals surface area contributed by atoms with Gasteiger partial charge in [0.05, 0.1) is 12.3 Å². The number of nitrogens with one attached hydrogen (secondary N) is 1. The van der Waals surface area contributed by atoms with Crippen LogP contribution >= 0.6 is 0 Å². The van der Waals surface area contributed by atoms with Gasteiger partial charge in [0.2, 0.25) is 5.95 Å². The lowest BCUT2D eigenvalue weighted by atomic mass is 10.3. The number of rotatable bonds is 4. The van der Waals surface area contributed by atoms with E-state index in [9.17, 15) is 4.79 Å². The normalized spacial score (nSPS) is 11.0. The number of hydrogen-bond acceptors (Lipinski definition) is 5. The molecule has 0 bridgehead atoms. The van der Waals surface area contributed by atoms with Crippen LogP contribution in [0.15, 0.2) is 29.1 Å². The van der Waals surface area contributed by atoms with E-state index in [1.807, 2.05) is 38.1 Å². The fraction of sp³-hybridized carbons (Fsp3) is 0.312. The van der Waals surface area contributed by atoms with E-state index in [-0.39, 0.29) is 5.56 Å². The number of anilines is 2. The SMILES string of the molecule is CCOc1ccc(Nc2nc3c(C)nn(C)c3c(=O)n2C)cc1. The third-order valence-electron chi connectivity index (χ3n) is 3.65. The van der Waals surface area contributed by atoms with Gasteiger partial charge in [-0.05, 0) is 38.1 Å². The Morgan fingerprint density at radius 2 is 1.91 bits per heavy atom. The third-order valence-corrected chi connectivity index (χ3v) is 3.65. The molecule has 0 fully saturated rings. The largest absolute Gasteiger partial charge is 0.494 e. The predicted octanol–water partition coefficient (Wildman–Crippen LogP) is 2.12. The summed E-state index contributed by atoms with van der Waals surface area (Å²) in [6.45, 7) is 4.41. The number of nitrogens with zero attached hydrogens (tertiary/aromatic N) is 4. The summed E-state index contributed by atoms with van der Waals surface area (Å²) in [6, 6.07) is 7.52. The molecule has 3 aromatic rings. The van der Waals surface area contributed by atoms with Crippen LogP contribution in [0.25, 0.3) is 11.0 Å². The molecule has 23 heavy (non-hydrogen) atoms. The molecule has 0 amide bonds. The summed E-state index contributed by atoms with van der Waals surface area (Å²) in [7, 11) is 3.44.